The summed E-state index contributed by atoms with van der Waals surface area (Å²) in [5, 5.41) is 14.2. The molecule has 2 N–H and O–H groups in total. The fraction of sp³-hybridized carbons (Fsp3) is 0.333. The van der Waals surface area contributed by atoms with Crippen LogP contribution in [0.15, 0.2) is 41.7 Å². The third-order valence-corrected chi connectivity index (χ3v) is 5.51. The van der Waals surface area contributed by atoms with Gasteiger partial charge in [-0.25, -0.2) is 4.98 Å². The third kappa shape index (κ3) is 5.78. The molecule has 0 spiro atoms. The summed E-state index contributed by atoms with van der Waals surface area (Å²) in [6, 6.07) is 8.26. The quantitative estimate of drug-likeness (QED) is 0.388. The van der Waals surface area contributed by atoms with E-state index in [0.717, 1.165) is 22.9 Å². The lowest BCUT2D eigenvalue weighted by Gasteiger charge is -2.13. The van der Waals surface area contributed by atoms with Gasteiger partial charge in [-0.15, -0.1) is 10.2 Å². The number of aromatic nitrogens is 4. The molecule has 1 amide bonds. The number of pyridine rings is 1. The van der Waals surface area contributed by atoms with Crippen LogP contribution in [0.1, 0.15) is 22.5 Å². The van der Waals surface area contributed by atoms with Crippen LogP contribution in [0.5, 0.6) is 0 Å². The largest absolute Gasteiger partial charge is 0.419 e. The SMILES string of the molecule is Cc1ccc(C)c(-n2c(C)nnc2SCC(=O)NCCNc2ncccc2C(F)(F)F)c1. The van der Waals surface area contributed by atoms with E-state index in [1.807, 2.05) is 43.5 Å². The number of carbonyl (C=O) groups excluding carboxylic acids is 1. The molecule has 170 valence electrons. The zero-order valence-corrected chi connectivity index (χ0v) is 18.6. The second-order valence-corrected chi connectivity index (χ2v) is 8.06. The zero-order chi connectivity index (χ0) is 23.3. The summed E-state index contributed by atoms with van der Waals surface area (Å²) in [5.74, 6) is 0.282. The number of anilines is 1. The average Bonchev–Trinajstić information content (AvgIpc) is 3.11. The smallest absolute Gasteiger partial charge is 0.368 e. The highest BCUT2D eigenvalue weighted by atomic mass is 32.2. The topological polar surface area (TPSA) is 84.7 Å². The Morgan fingerprint density at radius 3 is 2.66 bits per heavy atom. The maximum Gasteiger partial charge on any atom is 0.419 e. The number of rotatable bonds is 8. The molecule has 0 saturated carbocycles. The van der Waals surface area contributed by atoms with Crippen molar-refractivity contribution >= 4 is 23.5 Å². The second kappa shape index (κ2) is 10.0. The number of benzene rings is 1. The number of nitrogens with one attached hydrogen (secondary N) is 2. The molecule has 0 aliphatic carbocycles. The van der Waals surface area contributed by atoms with Crippen molar-refractivity contribution in [1.29, 1.82) is 0 Å². The Bertz CT molecular complexity index is 1100. The molecule has 0 saturated heterocycles. The number of amides is 1. The summed E-state index contributed by atoms with van der Waals surface area (Å²) >= 11 is 1.24. The van der Waals surface area contributed by atoms with Crippen LogP contribution in [0.2, 0.25) is 0 Å². The van der Waals surface area contributed by atoms with E-state index in [-0.39, 0.29) is 30.6 Å². The van der Waals surface area contributed by atoms with Crippen molar-refractivity contribution < 1.29 is 18.0 Å². The first-order valence-electron chi connectivity index (χ1n) is 9.82. The summed E-state index contributed by atoms with van der Waals surface area (Å²) in [6.45, 7) is 6.09. The van der Waals surface area contributed by atoms with Crippen LogP contribution in [0.4, 0.5) is 19.0 Å². The molecule has 2 heterocycles. The molecule has 1 aromatic carbocycles. The summed E-state index contributed by atoms with van der Waals surface area (Å²) in [4.78, 5) is 15.9. The lowest BCUT2D eigenvalue weighted by atomic mass is 10.1. The highest BCUT2D eigenvalue weighted by molar-refractivity contribution is 7.99. The first kappa shape index (κ1) is 23.6. The predicted octanol–water partition coefficient (Wildman–Crippen LogP) is 3.93. The minimum absolute atomic E-state index is 0.0976. The van der Waals surface area contributed by atoms with Gasteiger partial charge in [-0.3, -0.25) is 9.36 Å². The summed E-state index contributed by atoms with van der Waals surface area (Å²) < 4.78 is 40.9. The number of hydrogen-bond donors (Lipinski definition) is 2. The van der Waals surface area contributed by atoms with Gasteiger partial charge in [0.25, 0.3) is 0 Å². The minimum Gasteiger partial charge on any atom is -0.368 e. The molecule has 3 rings (SSSR count). The third-order valence-electron chi connectivity index (χ3n) is 4.59. The van der Waals surface area contributed by atoms with Gasteiger partial charge >= 0.3 is 6.18 Å². The molecule has 0 atom stereocenters. The van der Waals surface area contributed by atoms with E-state index in [4.69, 9.17) is 0 Å². The Labute approximate surface area is 187 Å². The highest BCUT2D eigenvalue weighted by Crippen LogP contribution is 2.33. The number of aryl methyl sites for hydroxylation is 3. The normalized spacial score (nSPS) is 11.4. The van der Waals surface area contributed by atoms with Crippen LogP contribution in [-0.2, 0) is 11.0 Å². The number of halogens is 3. The van der Waals surface area contributed by atoms with Gasteiger partial charge in [0.1, 0.15) is 11.6 Å². The molecule has 0 bridgehead atoms. The molecule has 32 heavy (non-hydrogen) atoms. The Kier molecular flexibility index (Phi) is 7.39. The van der Waals surface area contributed by atoms with Gasteiger partial charge < -0.3 is 10.6 Å². The molecule has 0 unspecified atom stereocenters. The van der Waals surface area contributed by atoms with Crippen molar-refractivity contribution in [2.24, 2.45) is 0 Å². The molecule has 11 heteroatoms. The van der Waals surface area contributed by atoms with E-state index in [1.54, 1.807) is 0 Å². The van der Waals surface area contributed by atoms with Gasteiger partial charge in [-0.1, -0.05) is 23.9 Å². The molecule has 3 aromatic rings. The van der Waals surface area contributed by atoms with Crippen LogP contribution in [0, 0.1) is 20.8 Å². The maximum absolute atomic E-state index is 13.0. The number of alkyl halides is 3. The van der Waals surface area contributed by atoms with E-state index in [0.29, 0.717) is 11.0 Å². The van der Waals surface area contributed by atoms with E-state index >= 15 is 0 Å². The first-order chi connectivity index (χ1) is 15.2. The summed E-state index contributed by atoms with van der Waals surface area (Å²) in [5.41, 5.74) is 2.27. The van der Waals surface area contributed by atoms with Gasteiger partial charge in [0, 0.05) is 19.3 Å². The van der Waals surface area contributed by atoms with Crippen LogP contribution < -0.4 is 10.6 Å². The van der Waals surface area contributed by atoms with Gasteiger partial charge in [0.15, 0.2) is 5.16 Å². The van der Waals surface area contributed by atoms with Crippen molar-refractivity contribution in [3.8, 4) is 5.69 Å². The average molecular weight is 465 g/mol. The van der Waals surface area contributed by atoms with Crippen LogP contribution in [0.25, 0.3) is 5.69 Å². The van der Waals surface area contributed by atoms with Crippen LogP contribution in [-0.4, -0.2) is 44.5 Å². The molecule has 0 aliphatic heterocycles. The predicted molar refractivity (Wildman–Crippen MR) is 117 cm³/mol. The lowest BCUT2D eigenvalue weighted by molar-refractivity contribution is -0.137. The summed E-state index contributed by atoms with van der Waals surface area (Å²) in [7, 11) is 0. The standard InChI is InChI=1S/C21H23F3N6OS/c1-13-6-7-14(2)17(11-13)30-15(3)28-29-20(30)32-12-18(31)25-9-10-27-19-16(21(22,23)24)5-4-8-26-19/h4-8,11H,9-10,12H2,1-3H3,(H,25,31)(H,26,27). The second-order valence-electron chi connectivity index (χ2n) is 7.12. The van der Waals surface area contributed by atoms with Crippen molar-refractivity contribution in [2.45, 2.75) is 32.1 Å². The van der Waals surface area contributed by atoms with Gasteiger partial charge in [-0.2, -0.15) is 13.2 Å². The molecule has 0 radical (unpaired) electrons. The van der Waals surface area contributed by atoms with Gasteiger partial charge in [-0.05, 0) is 50.1 Å². The molecular formula is C21H23F3N6OS. The molecule has 0 aliphatic rings. The van der Waals surface area contributed by atoms with E-state index in [2.05, 4.69) is 25.8 Å². The highest BCUT2D eigenvalue weighted by Gasteiger charge is 2.33. The first-order valence-corrected chi connectivity index (χ1v) is 10.8. The van der Waals surface area contributed by atoms with Crippen molar-refractivity contribution in [3.05, 3.63) is 59.0 Å². The molecule has 7 nitrogen and oxygen atoms in total. The molecule has 0 fully saturated rings. The Morgan fingerprint density at radius 1 is 1.12 bits per heavy atom. The van der Waals surface area contributed by atoms with Crippen LogP contribution in [0.3, 0.4) is 0 Å². The van der Waals surface area contributed by atoms with Crippen molar-refractivity contribution in [2.75, 3.05) is 24.2 Å². The summed E-state index contributed by atoms with van der Waals surface area (Å²) in [6.07, 6.45) is -3.22. The Morgan fingerprint density at radius 2 is 1.91 bits per heavy atom. The lowest BCUT2D eigenvalue weighted by Crippen LogP contribution is -2.30. The number of carbonyl (C=O) groups is 1. The maximum atomic E-state index is 13.0. The van der Waals surface area contributed by atoms with Crippen molar-refractivity contribution in [1.82, 2.24) is 25.1 Å². The van der Waals surface area contributed by atoms with E-state index in [1.165, 1.54) is 24.0 Å². The monoisotopic (exact) mass is 464 g/mol. The van der Waals surface area contributed by atoms with E-state index in [9.17, 15) is 18.0 Å². The zero-order valence-electron chi connectivity index (χ0n) is 17.8. The van der Waals surface area contributed by atoms with E-state index < -0.39 is 11.7 Å². The Hall–Kier alpha value is -3.08. The number of thioether (sulfide) groups is 1. The molecular weight excluding hydrogens is 441 g/mol. The molecule has 2 aromatic heterocycles. The Balaban J connectivity index is 1.53. The van der Waals surface area contributed by atoms with Crippen molar-refractivity contribution in [3.63, 3.8) is 0 Å². The minimum atomic E-state index is -4.50. The van der Waals surface area contributed by atoms with Crippen LogP contribution >= 0.6 is 11.8 Å². The number of hydrogen-bond acceptors (Lipinski definition) is 6. The van der Waals surface area contributed by atoms with Gasteiger partial charge in [0.2, 0.25) is 5.91 Å². The fourth-order valence-electron chi connectivity index (χ4n) is 3.01. The number of nitrogens with zero attached hydrogens (tertiary/aromatic N) is 4. The fourth-order valence-corrected chi connectivity index (χ4v) is 3.83. The van der Waals surface area contributed by atoms with Gasteiger partial charge in [0.05, 0.1) is 17.0 Å².